The summed E-state index contributed by atoms with van der Waals surface area (Å²) in [5, 5.41) is 1.02. The number of esters is 1. The van der Waals surface area contributed by atoms with E-state index in [-0.39, 0.29) is 17.7 Å². The zero-order valence-corrected chi connectivity index (χ0v) is 29.5. The van der Waals surface area contributed by atoms with Crippen LogP contribution in [0.2, 0.25) is 0 Å². The molecule has 0 saturated heterocycles. The van der Waals surface area contributed by atoms with Crippen LogP contribution in [0.5, 0.6) is 11.5 Å². The minimum atomic E-state index is -0.906. The largest absolute Gasteiger partial charge is 0.497 e. The van der Waals surface area contributed by atoms with Crippen molar-refractivity contribution in [3.8, 4) is 11.5 Å². The fourth-order valence-corrected chi connectivity index (χ4v) is 7.49. The predicted octanol–water partition coefficient (Wildman–Crippen LogP) is 6.72. The maximum absolute atomic E-state index is 14.6. The van der Waals surface area contributed by atoms with Gasteiger partial charge in [0.05, 0.1) is 36.6 Å². The number of hydrogen-bond acceptors (Lipinski definition) is 7. The number of hydrogen-bond donors (Lipinski definition) is 0. The quantitative estimate of drug-likeness (QED) is 0.154. The van der Waals surface area contributed by atoms with Crippen molar-refractivity contribution in [3.05, 3.63) is 155 Å². The number of carbonyl (C=O) groups excluding carboxylic acids is 1. The molecular weight excluding hydrogens is 702 g/mol. The summed E-state index contributed by atoms with van der Waals surface area (Å²) in [7, 11) is 3.13. The van der Waals surface area contributed by atoms with Crippen LogP contribution in [0.4, 0.5) is 0 Å². The van der Waals surface area contributed by atoms with Crippen LogP contribution in [-0.2, 0) is 16.1 Å². The van der Waals surface area contributed by atoms with Gasteiger partial charge in [0, 0.05) is 44.8 Å². The first kappa shape index (κ1) is 32.4. The van der Waals surface area contributed by atoms with E-state index in [9.17, 15) is 9.59 Å². The average molecular weight is 735 g/mol. The van der Waals surface area contributed by atoms with Crippen LogP contribution in [0.3, 0.4) is 0 Å². The number of nitrogens with zero attached hydrogens (tertiary/aromatic N) is 3. The van der Waals surface area contributed by atoms with E-state index in [0.717, 1.165) is 32.1 Å². The summed E-state index contributed by atoms with van der Waals surface area (Å²) in [6, 6.07) is 30.3. The lowest BCUT2D eigenvalue weighted by Crippen LogP contribution is -2.40. The van der Waals surface area contributed by atoms with Crippen molar-refractivity contribution in [1.82, 2.24) is 9.13 Å². The molecule has 0 amide bonds. The SMILES string of the molecule is CCOC(=O)C1=C(c2ccccc2)N=c2s/c(=C\c3cn(Cc4ccc(Br)cc4)c4ccccc34)c(=O)n2[C@H]1c1cc(OC)ccc1OC. The summed E-state index contributed by atoms with van der Waals surface area (Å²) in [4.78, 5) is 34.0. The Labute approximate surface area is 295 Å². The highest BCUT2D eigenvalue weighted by atomic mass is 79.9. The first-order valence-electron chi connectivity index (χ1n) is 15.7. The molecule has 8 nitrogen and oxygen atoms in total. The van der Waals surface area contributed by atoms with Gasteiger partial charge in [-0.1, -0.05) is 87.9 Å². The molecule has 2 aromatic heterocycles. The number of carbonyl (C=O) groups is 1. The van der Waals surface area contributed by atoms with Crippen LogP contribution in [0.1, 0.15) is 35.2 Å². The van der Waals surface area contributed by atoms with E-state index in [4.69, 9.17) is 19.2 Å². The molecule has 0 saturated carbocycles. The van der Waals surface area contributed by atoms with Gasteiger partial charge in [0.2, 0.25) is 0 Å². The topological polar surface area (TPSA) is 84.1 Å². The van der Waals surface area contributed by atoms with Crippen LogP contribution >= 0.6 is 27.3 Å². The fraction of sp³-hybridized carbons (Fsp3) is 0.154. The lowest BCUT2D eigenvalue weighted by Gasteiger charge is -2.27. The van der Waals surface area contributed by atoms with Gasteiger partial charge in [-0.2, -0.15) is 0 Å². The summed E-state index contributed by atoms with van der Waals surface area (Å²) in [6.07, 6.45) is 3.99. The van der Waals surface area contributed by atoms with Crippen LogP contribution in [0.15, 0.2) is 123 Å². The van der Waals surface area contributed by atoms with E-state index >= 15 is 0 Å². The molecule has 10 heteroatoms. The zero-order chi connectivity index (χ0) is 34.1. The van der Waals surface area contributed by atoms with Gasteiger partial charge in [-0.25, -0.2) is 9.79 Å². The molecule has 7 rings (SSSR count). The van der Waals surface area contributed by atoms with Crippen molar-refractivity contribution in [2.75, 3.05) is 20.8 Å². The van der Waals surface area contributed by atoms with E-state index < -0.39 is 12.0 Å². The Hall–Kier alpha value is -5.19. The van der Waals surface area contributed by atoms with Crippen LogP contribution in [0, 0.1) is 0 Å². The van der Waals surface area contributed by atoms with Gasteiger partial charge in [-0.15, -0.1) is 0 Å². The van der Waals surface area contributed by atoms with Crippen molar-refractivity contribution in [2.45, 2.75) is 19.5 Å². The second-order valence-corrected chi connectivity index (χ2v) is 13.3. The molecule has 0 radical (unpaired) electrons. The summed E-state index contributed by atoms with van der Waals surface area (Å²) in [5.74, 6) is 0.482. The van der Waals surface area contributed by atoms with E-state index in [1.54, 1.807) is 43.9 Å². The van der Waals surface area contributed by atoms with Gasteiger partial charge in [-0.05, 0) is 55.0 Å². The molecule has 0 unspecified atom stereocenters. The zero-order valence-electron chi connectivity index (χ0n) is 27.1. The Balaban J connectivity index is 1.48. The van der Waals surface area contributed by atoms with Crippen LogP contribution < -0.4 is 24.4 Å². The molecule has 0 spiro atoms. The number of methoxy groups -OCH3 is 2. The van der Waals surface area contributed by atoms with Gasteiger partial charge in [0.1, 0.15) is 17.5 Å². The molecule has 4 aromatic carbocycles. The third-order valence-electron chi connectivity index (χ3n) is 8.48. The first-order chi connectivity index (χ1) is 23.9. The van der Waals surface area contributed by atoms with Gasteiger partial charge in [0.25, 0.3) is 5.56 Å². The molecule has 246 valence electrons. The van der Waals surface area contributed by atoms with Crippen LogP contribution in [0.25, 0.3) is 22.7 Å². The Morgan fingerprint density at radius 2 is 1.71 bits per heavy atom. The minimum absolute atomic E-state index is 0.154. The molecular formula is C39H32BrN3O5S. The Kier molecular flexibility index (Phi) is 9.07. The Morgan fingerprint density at radius 1 is 0.959 bits per heavy atom. The molecule has 1 aliphatic rings. The second kappa shape index (κ2) is 13.7. The lowest BCUT2D eigenvalue weighted by atomic mass is 9.92. The van der Waals surface area contributed by atoms with Gasteiger partial charge < -0.3 is 18.8 Å². The summed E-state index contributed by atoms with van der Waals surface area (Å²) in [5.41, 5.74) is 4.82. The number of halogens is 1. The normalized spacial score (nSPS) is 14.4. The second-order valence-electron chi connectivity index (χ2n) is 11.4. The van der Waals surface area contributed by atoms with Gasteiger partial charge >= 0.3 is 5.97 Å². The average Bonchev–Trinajstić information content (AvgIpc) is 3.64. The minimum Gasteiger partial charge on any atom is -0.497 e. The highest BCUT2D eigenvalue weighted by molar-refractivity contribution is 9.10. The third-order valence-corrected chi connectivity index (χ3v) is 9.99. The molecule has 0 N–H and O–H groups in total. The summed E-state index contributed by atoms with van der Waals surface area (Å²) >= 11 is 4.80. The Bertz CT molecular complexity index is 2410. The number of ether oxygens (including phenoxy) is 3. The number of aromatic nitrogens is 2. The van der Waals surface area contributed by atoms with E-state index in [1.807, 2.05) is 60.7 Å². The third kappa shape index (κ3) is 6.13. The van der Waals surface area contributed by atoms with Crippen molar-refractivity contribution in [3.63, 3.8) is 0 Å². The molecule has 0 fully saturated rings. The van der Waals surface area contributed by atoms with E-state index in [1.165, 1.54) is 11.3 Å². The number of rotatable bonds is 9. The number of fused-ring (bicyclic) bond motifs is 2. The standard InChI is InChI=1S/C39H32BrN3O5S/c1-4-48-38(45)34-35(25-10-6-5-7-11-25)41-39-43(36(34)30-21-28(46-2)18-19-32(30)47-3)37(44)33(49-39)20-26-23-42(31-13-9-8-12-29(26)31)22-24-14-16-27(40)17-15-24/h5-21,23,36H,4,22H2,1-3H3/b33-20-/t36-/m0/s1. The molecule has 0 aliphatic carbocycles. The molecule has 1 atom stereocenters. The van der Waals surface area contributed by atoms with Crippen molar-refractivity contribution in [2.24, 2.45) is 4.99 Å². The van der Waals surface area contributed by atoms with Crippen LogP contribution in [-0.4, -0.2) is 35.9 Å². The van der Waals surface area contributed by atoms with Gasteiger partial charge in [-0.3, -0.25) is 9.36 Å². The number of benzene rings is 4. The first-order valence-corrected chi connectivity index (χ1v) is 17.3. The fourth-order valence-electron chi connectivity index (χ4n) is 6.24. The van der Waals surface area contributed by atoms with Gasteiger partial charge in [0.15, 0.2) is 4.80 Å². The number of thiazole rings is 1. The molecule has 0 bridgehead atoms. The summed E-state index contributed by atoms with van der Waals surface area (Å²) < 4.78 is 22.3. The molecule has 49 heavy (non-hydrogen) atoms. The monoisotopic (exact) mass is 733 g/mol. The summed E-state index contributed by atoms with van der Waals surface area (Å²) in [6.45, 7) is 2.58. The Morgan fingerprint density at radius 3 is 2.45 bits per heavy atom. The number of para-hydroxylation sites is 1. The maximum Gasteiger partial charge on any atom is 0.338 e. The van der Waals surface area contributed by atoms with Crippen molar-refractivity contribution in [1.29, 1.82) is 0 Å². The molecule has 3 heterocycles. The smallest absolute Gasteiger partial charge is 0.338 e. The maximum atomic E-state index is 14.6. The predicted molar refractivity (Wildman–Crippen MR) is 196 cm³/mol. The van der Waals surface area contributed by atoms with E-state index in [0.29, 0.717) is 38.6 Å². The molecule has 6 aromatic rings. The van der Waals surface area contributed by atoms with Crippen molar-refractivity contribution >= 4 is 55.9 Å². The highest BCUT2D eigenvalue weighted by Crippen LogP contribution is 2.40. The highest BCUT2D eigenvalue weighted by Gasteiger charge is 2.37. The lowest BCUT2D eigenvalue weighted by molar-refractivity contribution is -0.138. The van der Waals surface area contributed by atoms with E-state index in [2.05, 4.69) is 51.0 Å². The molecule has 1 aliphatic heterocycles. The van der Waals surface area contributed by atoms with Crippen molar-refractivity contribution < 1.29 is 19.0 Å².